The van der Waals surface area contributed by atoms with Crippen molar-refractivity contribution in [1.29, 1.82) is 0 Å². The van der Waals surface area contributed by atoms with Crippen molar-refractivity contribution >= 4 is 17.4 Å². The number of ether oxygens (including phenoxy) is 4. The van der Waals surface area contributed by atoms with Crippen LogP contribution in [0.3, 0.4) is 0 Å². The van der Waals surface area contributed by atoms with Crippen LogP contribution in [0.15, 0.2) is 48.0 Å². The highest BCUT2D eigenvalue weighted by atomic mass is 16.5. The molecule has 1 atom stereocenters. The number of amides is 1. The molecule has 1 amide bonds. The van der Waals surface area contributed by atoms with Gasteiger partial charge in [0.25, 0.3) is 11.7 Å². The van der Waals surface area contributed by atoms with E-state index in [-0.39, 0.29) is 24.5 Å². The van der Waals surface area contributed by atoms with Gasteiger partial charge in [-0.2, -0.15) is 0 Å². The number of rotatable bonds is 14. The fraction of sp³-hybridized carbons (Fsp3) is 0.467. The number of hydrogen-bond donors (Lipinski definition) is 1. The van der Waals surface area contributed by atoms with Gasteiger partial charge in [-0.25, -0.2) is 0 Å². The Bertz CT molecular complexity index is 1120. The highest BCUT2D eigenvalue weighted by Gasteiger charge is 2.46. The lowest BCUT2D eigenvalue weighted by Gasteiger charge is -2.26. The first kappa shape index (κ1) is 29.0. The number of carbonyl (C=O) groups is 2. The molecule has 2 aromatic carbocycles. The number of hydrogen-bond acceptors (Lipinski definition) is 7. The maximum atomic E-state index is 13.2. The Labute approximate surface area is 225 Å². The maximum Gasteiger partial charge on any atom is 0.295 e. The number of methoxy groups -OCH3 is 1. The van der Waals surface area contributed by atoms with Crippen LogP contribution in [-0.2, 0) is 14.3 Å². The molecule has 1 fully saturated rings. The summed E-state index contributed by atoms with van der Waals surface area (Å²) in [6.07, 6.45) is 1.77. The van der Waals surface area contributed by atoms with E-state index in [1.807, 2.05) is 13.8 Å². The molecule has 1 aliphatic heterocycles. The molecule has 1 N–H and O–H groups in total. The minimum absolute atomic E-state index is 0.0178. The monoisotopic (exact) mass is 525 g/mol. The zero-order chi connectivity index (χ0) is 27.7. The summed E-state index contributed by atoms with van der Waals surface area (Å²) < 4.78 is 22.7. The van der Waals surface area contributed by atoms with E-state index in [2.05, 4.69) is 13.8 Å². The van der Waals surface area contributed by atoms with Gasteiger partial charge in [0, 0.05) is 19.2 Å². The molecule has 0 aromatic heterocycles. The summed E-state index contributed by atoms with van der Waals surface area (Å²) in [5.74, 6) is 0.589. The summed E-state index contributed by atoms with van der Waals surface area (Å²) in [6, 6.07) is 11.4. The van der Waals surface area contributed by atoms with Gasteiger partial charge < -0.3 is 29.0 Å². The van der Waals surface area contributed by atoms with Gasteiger partial charge in [-0.1, -0.05) is 26.8 Å². The molecule has 1 aliphatic rings. The van der Waals surface area contributed by atoms with Gasteiger partial charge in [0.2, 0.25) is 0 Å². The number of aliphatic hydroxyl groups excluding tert-OH is 1. The number of aliphatic hydroxyl groups is 1. The first-order valence-electron chi connectivity index (χ1n) is 13.2. The normalized spacial score (nSPS) is 16.8. The van der Waals surface area contributed by atoms with Gasteiger partial charge in [-0.05, 0) is 67.6 Å². The summed E-state index contributed by atoms with van der Waals surface area (Å²) in [5.41, 5.74) is 1.07. The molecule has 1 heterocycles. The van der Waals surface area contributed by atoms with Crippen molar-refractivity contribution in [2.75, 3.05) is 40.1 Å². The first-order valence-corrected chi connectivity index (χ1v) is 13.2. The highest BCUT2D eigenvalue weighted by Crippen LogP contribution is 2.42. The van der Waals surface area contributed by atoms with Crippen molar-refractivity contribution in [1.82, 2.24) is 4.90 Å². The van der Waals surface area contributed by atoms with Gasteiger partial charge in [0.1, 0.15) is 11.5 Å². The van der Waals surface area contributed by atoms with Gasteiger partial charge in [-0.15, -0.1) is 0 Å². The predicted octanol–water partition coefficient (Wildman–Crippen LogP) is 5.37. The van der Waals surface area contributed by atoms with Crippen LogP contribution in [0.1, 0.15) is 57.7 Å². The summed E-state index contributed by atoms with van der Waals surface area (Å²) in [7, 11) is 1.53. The second kappa shape index (κ2) is 13.9. The molecule has 1 unspecified atom stereocenters. The van der Waals surface area contributed by atoms with Crippen LogP contribution in [0.5, 0.6) is 17.2 Å². The topological polar surface area (TPSA) is 94.5 Å². The van der Waals surface area contributed by atoms with Crippen molar-refractivity contribution in [3.63, 3.8) is 0 Å². The van der Waals surface area contributed by atoms with Crippen molar-refractivity contribution in [2.45, 2.75) is 46.6 Å². The fourth-order valence-corrected chi connectivity index (χ4v) is 4.22. The Balaban J connectivity index is 2.05. The van der Waals surface area contributed by atoms with Crippen LogP contribution in [0.4, 0.5) is 0 Å². The van der Waals surface area contributed by atoms with Crippen LogP contribution in [0.2, 0.25) is 0 Å². The van der Waals surface area contributed by atoms with Crippen LogP contribution < -0.4 is 14.2 Å². The van der Waals surface area contributed by atoms with E-state index in [1.165, 1.54) is 12.0 Å². The van der Waals surface area contributed by atoms with Crippen molar-refractivity contribution in [3.8, 4) is 17.2 Å². The SMILES string of the molecule is CCCOc1ccc(C(O)=C2C(=O)C(=O)N(CCOC)C2c2ccc(OCCC(C)C)c(OCC)c2)cc1. The Kier molecular flexibility index (Phi) is 10.6. The van der Waals surface area contributed by atoms with Crippen molar-refractivity contribution in [3.05, 3.63) is 59.2 Å². The van der Waals surface area contributed by atoms with E-state index >= 15 is 0 Å². The molecule has 0 radical (unpaired) electrons. The second-order valence-electron chi connectivity index (χ2n) is 9.53. The third-order valence-corrected chi connectivity index (χ3v) is 6.21. The lowest BCUT2D eigenvalue weighted by Crippen LogP contribution is -2.32. The first-order chi connectivity index (χ1) is 18.3. The van der Waals surface area contributed by atoms with Gasteiger partial charge in [0.05, 0.1) is 38.0 Å². The van der Waals surface area contributed by atoms with Crippen LogP contribution in [-0.4, -0.2) is 61.8 Å². The van der Waals surface area contributed by atoms with Gasteiger partial charge in [0.15, 0.2) is 11.5 Å². The molecule has 0 aliphatic carbocycles. The molecule has 1 saturated heterocycles. The van der Waals surface area contributed by atoms with Gasteiger partial charge >= 0.3 is 0 Å². The lowest BCUT2D eigenvalue weighted by molar-refractivity contribution is -0.140. The third kappa shape index (κ3) is 6.86. The van der Waals surface area contributed by atoms with Crippen molar-refractivity contribution in [2.24, 2.45) is 5.92 Å². The second-order valence-corrected chi connectivity index (χ2v) is 9.53. The summed E-state index contributed by atoms with van der Waals surface area (Å²) >= 11 is 0. The molecule has 0 spiro atoms. The molecule has 0 saturated carbocycles. The minimum atomic E-state index is -0.815. The van der Waals surface area contributed by atoms with Crippen molar-refractivity contribution < 1.29 is 33.6 Å². The van der Waals surface area contributed by atoms with Crippen LogP contribution in [0.25, 0.3) is 5.76 Å². The average Bonchev–Trinajstić information content (AvgIpc) is 3.16. The van der Waals surface area contributed by atoms with E-state index in [4.69, 9.17) is 18.9 Å². The molecule has 0 bridgehead atoms. The van der Waals surface area contributed by atoms with Crippen LogP contribution in [0, 0.1) is 5.92 Å². The van der Waals surface area contributed by atoms with E-state index in [1.54, 1.807) is 42.5 Å². The largest absolute Gasteiger partial charge is 0.507 e. The van der Waals surface area contributed by atoms with Gasteiger partial charge in [-0.3, -0.25) is 9.59 Å². The Hall–Kier alpha value is -3.52. The number of benzene rings is 2. The third-order valence-electron chi connectivity index (χ3n) is 6.21. The molecular weight excluding hydrogens is 486 g/mol. The number of likely N-dealkylation sites (tertiary alicyclic amines) is 1. The minimum Gasteiger partial charge on any atom is -0.507 e. The number of Topliss-reactive ketones (excluding diaryl/α,β-unsaturated/α-hetero) is 1. The van der Waals surface area contributed by atoms with E-state index in [0.29, 0.717) is 54.1 Å². The Morgan fingerprint density at radius 3 is 2.32 bits per heavy atom. The molecule has 38 heavy (non-hydrogen) atoms. The molecule has 8 nitrogen and oxygen atoms in total. The molecular formula is C30H39NO7. The maximum absolute atomic E-state index is 13.2. The lowest BCUT2D eigenvalue weighted by atomic mass is 9.95. The zero-order valence-electron chi connectivity index (χ0n) is 23.0. The van der Waals surface area contributed by atoms with Crippen LogP contribution >= 0.6 is 0 Å². The predicted molar refractivity (Wildman–Crippen MR) is 146 cm³/mol. The number of ketones is 1. The van der Waals surface area contributed by atoms with E-state index in [9.17, 15) is 14.7 Å². The molecule has 3 rings (SSSR count). The Morgan fingerprint density at radius 1 is 0.947 bits per heavy atom. The van der Waals surface area contributed by atoms with E-state index < -0.39 is 17.7 Å². The van der Waals surface area contributed by atoms with E-state index in [0.717, 1.165) is 12.8 Å². The highest BCUT2D eigenvalue weighted by molar-refractivity contribution is 6.46. The smallest absolute Gasteiger partial charge is 0.295 e. The zero-order valence-corrected chi connectivity index (χ0v) is 23.0. The quantitative estimate of drug-likeness (QED) is 0.201. The molecule has 2 aromatic rings. The fourth-order valence-electron chi connectivity index (χ4n) is 4.22. The number of nitrogens with zero attached hydrogens (tertiary/aromatic N) is 1. The molecule has 8 heteroatoms. The number of carbonyl (C=O) groups excluding carboxylic acids is 2. The Morgan fingerprint density at radius 2 is 1.68 bits per heavy atom. The average molecular weight is 526 g/mol. The summed E-state index contributed by atoms with van der Waals surface area (Å²) in [6.45, 7) is 10.1. The molecule has 206 valence electrons. The summed E-state index contributed by atoms with van der Waals surface area (Å²) in [4.78, 5) is 27.8. The summed E-state index contributed by atoms with van der Waals surface area (Å²) in [5, 5.41) is 11.3. The standard InChI is InChI=1S/C30H39NO7/c1-6-16-37-23-11-8-21(9-12-23)28(32)26-27(31(15-18-35-5)30(34)29(26)33)22-10-13-24(25(19-22)36-7-2)38-17-14-20(3)4/h8-13,19-20,27,32H,6-7,14-18H2,1-5H3.